The van der Waals surface area contributed by atoms with Gasteiger partial charge in [-0.3, -0.25) is 0 Å². The van der Waals surface area contributed by atoms with Crippen LogP contribution in [0.5, 0.6) is 0 Å². The third-order valence-corrected chi connectivity index (χ3v) is 4.14. The highest BCUT2D eigenvalue weighted by atomic mass is 19.1. The molecule has 0 saturated carbocycles. The van der Waals surface area contributed by atoms with Crippen LogP contribution in [-0.2, 0) is 0 Å². The van der Waals surface area contributed by atoms with Crippen LogP contribution in [0.3, 0.4) is 0 Å². The Hall–Kier alpha value is -3.26. The average molecular weight is 368 g/mol. The van der Waals surface area contributed by atoms with Gasteiger partial charge in [-0.15, -0.1) is 0 Å². The number of carbonyl (C=O) groups is 1. The lowest BCUT2D eigenvalue weighted by molar-refractivity contribution is 0.243. The Kier molecular flexibility index (Phi) is 5.77. The van der Waals surface area contributed by atoms with Crippen LogP contribution in [0, 0.1) is 5.82 Å². The number of halogens is 1. The standard InChI is InChI=1S/C19H21FN6O/c1-25(2)18(14-3-5-15(20)6-4-14)11-22-19(27)24-16-7-9-17(10-8-16)26-13-21-12-23-26/h3-10,12-13,18H,11H2,1-2H3,(H2,22,24,27)/t18-/m1/s1. The molecule has 0 aliphatic rings. The van der Waals surface area contributed by atoms with Gasteiger partial charge >= 0.3 is 6.03 Å². The molecule has 8 heteroatoms. The number of aromatic nitrogens is 3. The summed E-state index contributed by atoms with van der Waals surface area (Å²) in [6, 6.07) is 13.2. The molecular formula is C19H21FN6O. The number of urea groups is 1. The molecule has 27 heavy (non-hydrogen) atoms. The number of amides is 2. The molecular weight excluding hydrogens is 347 g/mol. The Morgan fingerprint density at radius 2 is 1.85 bits per heavy atom. The van der Waals surface area contributed by atoms with Gasteiger partial charge in [-0.25, -0.2) is 18.9 Å². The maximum absolute atomic E-state index is 13.1. The molecule has 3 aromatic rings. The summed E-state index contributed by atoms with van der Waals surface area (Å²) in [5.74, 6) is -0.281. The molecule has 0 aliphatic carbocycles. The van der Waals surface area contributed by atoms with Gasteiger partial charge in [0.2, 0.25) is 0 Å². The van der Waals surface area contributed by atoms with Crippen LogP contribution in [-0.4, -0.2) is 46.3 Å². The lowest BCUT2D eigenvalue weighted by Crippen LogP contribution is -2.36. The second-order valence-corrected chi connectivity index (χ2v) is 6.25. The Morgan fingerprint density at radius 3 is 2.44 bits per heavy atom. The monoisotopic (exact) mass is 368 g/mol. The fourth-order valence-electron chi connectivity index (χ4n) is 2.69. The maximum atomic E-state index is 13.1. The largest absolute Gasteiger partial charge is 0.336 e. The zero-order chi connectivity index (χ0) is 19.2. The van der Waals surface area contributed by atoms with Crippen molar-refractivity contribution in [2.45, 2.75) is 6.04 Å². The number of nitrogens with one attached hydrogen (secondary N) is 2. The van der Waals surface area contributed by atoms with E-state index in [0.717, 1.165) is 11.3 Å². The number of likely N-dealkylation sites (N-methyl/N-ethyl adjacent to an activating group) is 1. The molecule has 1 aromatic heterocycles. The number of carbonyl (C=O) groups excluding carboxylic acids is 1. The Labute approximate surface area is 156 Å². The average Bonchev–Trinajstić information content (AvgIpc) is 3.18. The lowest BCUT2D eigenvalue weighted by atomic mass is 10.1. The van der Waals surface area contributed by atoms with Crippen molar-refractivity contribution >= 4 is 11.7 Å². The molecule has 0 aliphatic heterocycles. The molecule has 2 aromatic carbocycles. The molecule has 140 valence electrons. The van der Waals surface area contributed by atoms with Crippen LogP contribution in [0.4, 0.5) is 14.9 Å². The SMILES string of the molecule is CN(C)[C@H](CNC(=O)Nc1ccc(-n2cncn2)cc1)c1ccc(F)cc1. The van der Waals surface area contributed by atoms with Gasteiger partial charge in [0, 0.05) is 12.2 Å². The Morgan fingerprint density at radius 1 is 1.15 bits per heavy atom. The van der Waals surface area contributed by atoms with E-state index < -0.39 is 0 Å². The summed E-state index contributed by atoms with van der Waals surface area (Å²) in [5.41, 5.74) is 2.45. The van der Waals surface area contributed by atoms with Gasteiger partial charge in [0.05, 0.1) is 11.7 Å². The quantitative estimate of drug-likeness (QED) is 0.702. The second kappa shape index (κ2) is 8.41. The van der Waals surface area contributed by atoms with Gasteiger partial charge in [-0.2, -0.15) is 5.10 Å². The first-order valence-electron chi connectivity index (χ1n) is 8.45. The van der Waals surface area contributed by atoms with E-state index in [4.69, 9.17) is 0 Å². The summed E-state index contributed by atoms with van der Waals surface area (Å²) >= 11 is 0. The number of hydrogen-bond acceptors (Lipinski definition) is 4. The zero-order valence-corrected chi connectivity index (χ0v) is 15.1. The Balaban J connectivity index is 1.57. The smallest absolute Gasteiger partial charge is 0.319 e. The molecule has 3 rings (SSSR count). The maximum Gasteiger partial charge on any atom is 0.319 e. The summed E-state index contributed by atoms with van der Waals surface area (Å²) in [7, 11) is 3.83. The highest BCUT2D eigenvalue weighted by molar-refractivity contribution is 5.89. The number of anilines is 1. The normalized spacial score (nSPS) is 12.0. The summed E-state index contributed by atoms with van der Waals surface area (Å²) in [4.78, 5) is 18.1. The van der Waals surface area contributed by atoms with Gasteiger partial charge in [0.25, 0.3) is 0 Å². The van der Waals surface area contributed by atoms with Crippen LogP contribution >= 0.6 is 0 Å². The molecule has 0 unspecified atom stereocenters. The van der Waals surface area contributed by atoms with Crippen LogP contribution < -0.4 is 10.6 Å². The summed E-state index contributed by atoms with van der Waals surface area (Å²) in [6.45, 7) is 0.390. The summed E-state index contributed by atoms with van der Waals surface area (Å²) in [5, 5.41) is 9.70. The van der Waals surface area contributed by atoms with Crippen LogP contribution in [0.25, 0.3) is 5.69 Å². The summed E-state index contributed by atoms with van der Waals surface area (Å²) in [6.07, 6.45) is 3.06. The molecule has 2 N–H and O–H groups in total. The van der Waals surface area contributed by atoms with Crippen molar-refractivity contribution in [3.8, 4) is 5.69 Å². The van der Waals surface area contributed by atoms with E-state index in [9.17, 15) is 9.18 Å². The zero-order valence-electron chi connectivity index (χ0n) is 15.1. The van der Waals surface area contributed by atoms with Crippen molar-refractivity contribution in [3.05, 3.63) is 72.6 Å². The van der Waals surface area contributed by atoms with E-state index in [-0.39, 0.29) is 17.9 Å². The van der Waals surface area contributed by atoms with Gasteiger partial charge in [-0.05, 0) is 56.1 Å². The third kappa shape index (κ3) is 4.89. The van der Waals surface area contributed by atoms with Crippen LogP contribution in [0.1, 0.15) is 11.6 Å². The number of nitrogens with zero attached hydrogens (tertiary/aromatic N) is 4. The van der Waals surface area contributed by atoms with E-state index in [1.165, 1.54) is 18.5 Å². The fraction of sp³-hybridized carbons (Fsp3) is 0.211. The molecule has 0 radical (unpaired) electrons. The van der Waals surface area contributed by atoms with Crippen molar-refractivity contribution in [1.29, 1.82) is 0 Å². The molecule has 7 nitrogen and oxygen atoms in total. The van der Waals surface area contributed by atoms with Crippen molar-refractivity contribution < 1.29 is 9.18 Å². The van der Waals surface area contributed by atoms with Gasteiger partial charge in [-0.1, -0.05) is 12.1 Å². The lowest BCUT2D eigenvalue weighted by Gasteiger charge is -2.25. The minimum Gasteiger partial charge on any atom is -0.336 e. The first kappa shape index (κ1) is 18.5. The third-order valence-electron chi connectivity index (χ3n) is 4.14. The molecule has 2 amide bonds. The minimum atomic E-state index is -0.308. The topological polar surface area (TPSA) is 75.1 Å². The highest BCUT2D eigenvalue weighted by Crippen LogP contribution is 2.18. The van der Waals surface area contributed by atoms with Crippen molar-refractivity contribution in [2.24, 2.45) is 0 Å². The van der Waals surface area contributed by atoms with E-state index in [0.29, 0.717) is 12.2 Å². The minimum absolute atomic E-state index is 0.0639. The van der Waals surface area contributed by atoms with Crippen molar-refractivity contribution in [3.63, 3.8) is 0 Å². The summed E-state index contributed by atoms with van der Waals surface area (Å²) < 4.78 is 14.8. The molecule has 0 saturated heterocycles. The highest BCUT2D eigenvalue weighted by Gasteiger charge is 2.15. The van der Waals surface area contributed by atoms with Gasteiger partial charge in [0.15, 0.2) is 0 Å². The van der Waals surface area contributed by atoms with E-state index >= 15 is 0 Å². The van der Waals surface area contributed by atoms with Crippen LogP contribution in [0.2, 0.25) is 0 Å². The first-order valence-corrected chi connectivity index (χ1v) is 8.45. The molecule has 1 atom stereocenters. The first-order chi connectivity index (χ1) is 13.0. The van der Waals surface area contributed by atoms with E-state index in [1.54, 1.807) is 35.3 Å². The van der Waals surface area contributed by atoms with Crippen molar-refractivity contribution in [2.75, 3.05) is 26.0 Å². The second-order valence-electron chi connectivity index (χ2n) is 6.25. The van der Waals surface area contributed by atoms with Crippen LogP contribution in [0.15, 0.2) is 61.2 Å². The van der Waals surface area contributed by atoms with Gasteiger partial charge < -0.3 is 15.5 Å². The molecule has 0 spiro atoms. The predicted octanol–water partition coefficient (Wildman–Crippen LogP) is 2.83. The number of hydrogen-bond donors (Lipinski definition) is 2. The predicted molar refractivity (Wildman–Crippen MR) is 101 cm³/mol. The fourth-order valence-corrected chi connectivity index (χ4v) is 2.69. The number of rotatable bonds is 6. The molecule has 0 fully saturated rings. The number of benzene rings is 2. The van der Waals surface area contributed by atoms with E-state index in [2.05, 4.69) is 20.7 Å². The van der Waals surface area contributed by atoms with Gasteiger partial charge in [0.1, 0.15) is 18.5 Å². The molecule has 0 bridgehead atoms. The van der Waals surface area contributed by atoms with E-state index in [1.807, 2.05) is 31.1 Å². The molecule has 1 heterocycles. The Bertz CT molecular complexity index is 862. The van der Waals surface area contributed by atoms with Crippen molar-refractivity contribution in [1.82, 2.24) is 25.0 Å².